The van der Waals surface area contributed by atoms with Crippen LogP contribution in [0.2, 0.25) is 0 Å². The number of aromatic nitrogens is 2. The third-order valence-corrected chi connectivity index (χ3v) is 2.89. The SMILES string of the molecule is CCC(=O)Oc1csc(-c2ccc(=O)[nH]c2)n1. The summed E-state index contributed by atoms with van der Waals surface area (Å²) in [6.07, 6.45) is 1.89. The monoisotopic (exact) mass is 250 g/mol. The van der Waals surface area contributed by atoms with Crippen LogP contribution in [-0.2, 0) is 4.79 Å². The van der Waals surface area contributed by atoms with E-state index >= 15 is 0 Å². The summed E-state index contributed by atoms with van der Waals surface area (Å²) >= 11 is 1.35. The molecule has 0 aromatic carbocycles. The topological polar surface area (TPSA) is 72.1 Å². The summed E-state index contributed by atoms with van der Waals surface area (Å²) in [5.74, 6) is -0.0219. The highest BCUT2D eigenvalue weighted by molar-refractivity contribution is 7.13. The number of ether oxygens (including phenoxy) is 1. The number of nitrogens with one attached hydrogen (secondary N) is 1. The number of carbonyl (C=O) groups excluding carboxylic acids is 1. The van der Waals surface area contributed by atoms with Gasteiger partial charge in [-0.25, -0.2) is 4.98 Å². The first-order valence-corrected chi connectivity index (χ1v) is 5.92. The van der Waals surface area contributed by atoms with Crippen molar-refractivity contribution in [1.82, 2.24) is 9.97 Å². The lowest BCUT2D eigenvalue weighted by Crippen LogP contribution is -2.05. The normalized spacial score (nSPS) is 10.2. The molecule has 0 saturated heterocycles. The van der Waals surface area contributed by atoms with Gasteiger partial charge >= 0.3 is 5.97 Å². The zero-order valence-electron chi connectivity index (χ0n) is 9.10. The molecule has 88 valence electrons. The summed E-state index contributed by atoms with van der Waals surface area (Å²) in [6.45, 7) is 1.72. The zero-order chi connectivity index (χ0) is 12.3. The molecule has 17 heavy (non-hydrogen) atoms. The molecule has 2 aromatic rings. The quantitative estimate of drug-likeness (QED) is 0.843. The van der Waals surface area contributed by atoms with Crippen LogP contribution in [0.1, 0.15) is 13.3 Å². The molecule has 0 fully saturated rings. The predicted molar refractivity (Wildman–Crippen MR) is 64.1 cm³/mol. The third kappa shape index (κ3) is 2.79. The van der Waals surface area contributed by atoms with Gasteiger partial charge in [0.05, 0.1) is 5.38 Å². The minimum absolute atomic E-state index is 0.164. The average molecular weight is 250 g/mol. The van der Waals surface area contributed by atoms with Gasteiger partial charge in [-0.2, -0.15) is 0 Å². The number of carbonyl (C=O) groups is 1. The van der Waals surface area contributed by atoms with Crippen molar-refractivity contribution >= 4 is 17.3 Å². The summed E-state index contributed by atoms with van der Waals surface area (Å²) in [7, 11) is 0. The average Bonchev–Trinajstić information content (AvgIpc) is 2.78. The van der Waals surface area contributed by atoms with Crippen LogP contribution in [0.25, 0.3) is 10.6 Å². The molecule has 0 aliphatic heterocycles. The summed E-state index contributed by atoms with van der Waals surface area (Å²) in [5, 5.41) is 2.36. The Balaban J connectivity index is 2.20. The van der Waals surface area contributed by atoms with Crippen molar-refractivity contribution in [2.24, 2.45) is 0 Å². The van der Waals surface area contributed by atoms with E-state index in [0.29, 0.717) is 17.3 Å². The van der Waals surface area contributed by atoms with Gasteiger partial charge in [0.2, 0.25) is 11.4 Å². The number of aromatic amines is 1. The molecule has 0 amide bonds. The number of hydrogen-bond donors (Lipinski definition) is 1. The zero-order valence-corrected chi connectivity index (χ0v) is 9.91. The molecule has 0 aliphatic carbocycles. The van der Waals surface area contributed by atoms with Crippen LogP contribution in [0.4, 0.5) is 0 Å². The Morgan fingerprint density at radius 2 is 2.35 bits per heavy atom. The van der Waals surface area contributed by atoms with Gasteiger partial charge in [0.25, 0.3) is 0 Å². The van der Waals surface area contributed by atoms with Gasteiger partial charge in [-0.15, -0.1) is 11.3 Å². The van der Waals surface area contributed by atoms with Gasteiger partial charge in [-0.3, -0.25) is 9.59 Å². The summed E-state index contributed by atoms with van der Waals surface area (Å²) in [6, 6.07) is 3.09. The molecule has 2 rings (SSSR count). The Morgan fingerprint density at radius 1 is 1.53 bits per heavy atom. The fourth-order valence-electron chi connectivity index (χ4n) is 1.17. The standard InChI is InChI=1S/C11H10N2O3S/c1-2-10(15)16-9-6-17-11(13-9)7-3-4-8(14)12-5-7/h3-6H,2H2,1H3,(H,12,14). The molecular weight excluding hydrogens is 240 g/mol. The molecule has 6 heteroatoms. The number of pyridine rings is 1. The van der Waals surface area contributed by atoms with Crippen molar-refractivity contribution in [3.05, 3.63) is 34.1 Å². The molecule has 0 unspecified atom stereocenters. The van der Waals surface area contributed by atoms with E-state index in [1.54, 1.807) is 24.6 Å². The van der Waals surface area contributed by atoms with Crippen molar-refractivity contribution in [3.63, 3.8) is 0 Å². The molecule has 0 atom stereocenters. The van der Waals surface area contributed by atoms with E-state index in [9.17, 15) is 9.59 Å². The van der Waals surface area contributed by atoms with Crippen LogP contribution in [0.15, 0.2) is 28.5 Å². The highest BCUT2D eigenvalue weighted by atomic mass is 32.1. The lowest BCUT2D eigenvalue weighted by molar-refractivity contribution is -0.134. The van der Waals surface area contributed by atoms with E-state index in [1.807, 2.05) is 0 Å². The van der Waals surface area contributed by atoms with Crippen LogP contribution in [-0.4, -0.2) is 15.9 Å². The molecule has 0 spiro atoms. The van der Waals surface area contributed by atoms with Crippen LogP contribution in [0.5, 0.6) is 5.88 Å². The lowest BCUT2D eigenvalue weighted by atomic mass is 10.3. The first-order chi connectivity index (χ1) is 8.19. The molecule has 1 N–H and O–H groups in total. The van der Waals surface area contributed by atoms with Crippen molar-refractivity contribution in [2.45, 2.75) is 13.3 Å². The van der Waals surface area contributed by atoms with Crippen molar-refractivity contribution < 1.29 is 9.53 Å². The first kappa shape index (κ1) is 11.5. The Labute approximate surface area is 101 Å². The van der Waals surface area contributed by atoms with Crippen molar-refractivity contribution in [2.75, 3.05) is 0 Å². The van der Waals surface area contributed by atoms with E-state index in [1.165, 1.54) is 17.4 Å². The van der Waals surface area contributed by atoms with Crippen molar-refractivity contribution in [1.29, 1.82) is 0 Å². The molecule has 0 bridgehead atoms. The Bertz CT molecular complexity index is 568. The minimum Gasteiger partial charge on any atom is -0.407 e. The van der Waals surface area contributed by atoms with Crippen molar-refractivity contribution in [3.8, 4) is 16.5 Å². The van der Waals surface area contributed by atoms with Gasteiger partial charge in [0.1, 0.15) is 5.01 Å². The molecule has 2 aromatic heterocycles. The van der Waals surface area contributed by atoms with Gasteiger partial charge in [-0.05, 0) is 6.07 Å². The van der Waals surface area contributed by atoms with Crippen LogP contribution in [0.3, 0.4) is 0 Å². The predicted octanol–water partition coefficient (Wildman–Crippen LogP) is 1.81. The Kier molecular flexibility index (Phi) is 3.34. The molecular formula is C11H10N2O3S. The van der Waals surface area contributed by atoms with E-state index < -0.39 is 0 Å². The Hall–Kier alpha value is -1.95. The molecule has 0 radical (unpaired) electrons. The maximum atomic E-state index is 11.1. The summed E-state index contributed by atoms with van der Waals surface area (Å²) in [4.78, 5) is 28.7. The first-order valence-electron chi connectivity index (χ1n) is 5.04. The molecule has 0 aliphatic rings. The highest BCUT2D eigenvalue weighted by Gasteiger charge is 2.08. The fraction of sp³-hybridized carbons (Fsp3) is 0.182. The second-order valence-corrected chi connectivity index (χ2v) is 4.12. The fourth-order valence-corrected chi connectivity index (χ4v) is 1.89. The third-order valence-electron chi connectivity index (χ3n) is 2.02. The van der Waals surface area contributed by atoms with E-state index in [2.05, 4.69) is 9.97 Å². The largest absolute Gasteiger partial charge is 0.407 e. The van der Waals surface area contributed by atoms with Crippen LogP contribution < -0.4 is 10.3 Å². The van der Waals surface area contributed by atoms with Gasteiger partial charge in [0, 0.05) is 24.2 Å². The number of esters is 1. The molecule has 0 saturated carbocycles. The number of rotatable bonds is 3. The van der Waals surface area contributed by atoms with Gasteiger partial charge in [0.15, 0.2) is 0 Å². The van der Waals surface area contributed by atoms with E-state index in [4.69, 9.17) is 4.74 Å². The number of hydrogen-bond acceptors (Lipinski definition) is 5. The maximum Gasteiger partial charge on any atom is 0.312 e. The van der Waals surface area contributed by atoms with Gasteiger partial charge in [-0.1, -0.05) is 6.92 Å². The molecule has 5 nitrogen and oxygen atoms in total. The minimum atomic E-state index is -0.316. The van der Waals surface area contributed by atoms with E-state index in [0.717, 1.165) is 5.56 Å². The van der Waals surface area contributed by atoms with Gasteiger partial charge < -0.3 is 9.72 Å². The van der Waals surface area contributed by atoms with E-state index in [-0.39, 0.29) is 11.5 Å². The Morgan fingerprint density at radius 3 is 3.00 bits per heavy atom. The number of H-pyrrole nitrogens is 1. The smallest absolute Gasteiger partial charge is 0.312 e. The molecule has 2 heterocycles. The number of thiazole rings is 1. The highest BCUT2D eigenvalue weighted by Crippen LogP contribution is 2.25. The summed E-state index contributed by atoms with van der Waals surface area (Å²) < 4.78 is 4.98. The second kappa shape index (κ2) is 4.92. The van der Waals surface area contributed by atoms with Crippen LogP contribution in [0, 0.1) is 0 Å². The lowest BCUT2D eigenvalue weighted by Gasteiger charge is -1.96. The number of nitrogens with zero attached hydrogens (tertiary/aromatic N) is 1. The second-order valence-electron chi connectivity index (χ2n) is 3.26. The summed E-state index contributed by atoms with van der Waals surface area (Å²) in [5.41, 5.74) is 0.622. The maximum absolute atomic E-state index is 11.1. The van der Waals surface area contributed by atoms with Crippen LogP contribution >= 0.6 is 11.3 Å².